The molecule has 1 aliphatic rings. The fraction of sp³-hybridized carbons (Fsp3) is 0.261. The molecule has 0 unspecified atom stereocenters. The monoisotopic (exact) mass is 383 g/mol. The highest BCUT2D eigenvalue weighted by Gasteiger charge is 2.25. The lowest BCUT2D eigenvalue weighted by Crippen LogP contribution is -2.38. The van der Waals surface area contributed by atoms with Gasteiger partial charge in [-0.15, -0.1) is 0 Å². The van der Waals surface area contributed by atoms with Gasteiger partial charge in [-0.3, -0.25) is 9.78 Å². The number of hydrogen-bond acceptors (Lipinski definition) is 5. The Labute approximate surface area is 169 Å². The van der Waals surface area contributed by atoms with Crippen LogP contribution in [0.1, 0.15) is 46.2 Å². The average molecular weight is 383 g/mol. The van der Waals surface area contributed by atoms with E-state index in [0.29, 0.717) is 17.0 Å². The van der Waals surface area contributed by atoms with Gasteiger partial charge in [-0.1, -0.05) is 12.1 Å². The van der Waals surface area contributed by atoms with Crippen LogP contribution in [-0.4, -0.2) is 38.8 Å². The third-order valence-corrected chi connectivity index (χ3v) is 5.31. The molecule has 3 aromatic rings. The summed E-state index contributed by atoms with van der Waals surface area (Å²) < 4.78 is 0. The van der Waals surface area contributed by atoms with Crippen molar-refractivity contribution >= 4 is 5.91 Å². The van der Waals surface area contributed by atoms with E-state index in [1.165, 1.54) is 0 Å². The molecular weight excluding hydrogens is 362 g/mol. The van der Waals surface area contributed by atoms with Gasteiger partial charge in [0.15, 0.2) is 0 Å². The quantitative estimate of drug-likeness (QED) is 0.688. The Kier molecular flexibility index (Phi) is 5.30. The molecule has 2 aromatic heterocycles. The van der Waals surface area contributed by atoms with Gasteiger partial charge in [0.25, 0.3) is 5.91 Å². The van der Waals surface area contributed by atoms with Crippen molar-refractivity contribution < 1.29 is 4.79 Å². The number of carbonyl (C=O) groups is 1. The summed E-state index contributed by atoms with van der Waals surface area (Å²) >= 11 is 0. The first-order valence-electron chi connectivity index (χ1n) is 9.69. The van der Waals surface area contributed by atoms with Crippen LogP contribution in [0.2, 0.25) is 0 Å². The first kappa shape index (κ1) is 18.8. The molecule has 6 nitrogen and oxygen atoms in total. The molecule has 0 atom stereocenters. The number of likely N-dealkylation sites (tertiary alicyclic amines) is 1. The van der Waals surface area contributed by atoms with Crippen molar-refractivity contribution in [2.45, 2.75) is 25.7 Å². The highest BCUT2D eigenvalue weighted by Crippen LogP contribution is 2.27. The largest absolute Gasteiger partial charge is 0.339 e. The van der Waals surface area contributed by atoms with Gasteiger partial charge in [-0.2, -0.15) is 5.26 Å². The van der Waals surface area contributed by atoms with E-state index in [2.05, 4.69) is 21.0 Å². The Balaban J connectivity index is 1.42. The van der Waals surface area contributed by atoms with Crippen molar-refractivity contribution in [1.82, 2.24) is 19.9 Å². The second-order valence-electron chi connectivity index (χ2n) is 7.21. The minimum Gasteiger partial charge on any atom is -0.339 e. The van der Waals surface area contributed by atoms with E-state index in [9.17, 15) is 4.79 Å². The molecule has 1 saturated heterocycles. The number of piperidine rings is 1. The number of nitriles is 1. The molecule has 1 fully saturated rings. The van der Waals surface area contributed by atoms with Crippen LogP contribution in [0.5, 0.6) is 0 Å². The highest BCUT2D eigenvalue weighted by atomic mass is 16.2. The molecule has 0 aliphatic carbocycles. The molecule has 29 heavy (non-hydrogen) atoms. The molecule has 0 N–H and O–H groups in total. The van der Waals surface area contributed by atoms with Crippen molar-refractivity contribution in [3.8, 4) is 17.3 Å². The van der Waals surface area contributed by atoms with Crippen molar-refractivity contribution in [2.24, 2.45) is 0 Å². The molecule has 6 heteroatoms. The highest BCUT2D eigenvalue weighted by molar-refractivity contribution is 5.94. The van der Waals surface area contributed by atoms with Crippen LogP contribution < -0.4 is 0 Å². The van der Waals surface area contributed by atoms with E-state index < -0.39 is 0 Å². The third-order valence-electron chi connectivity index (χ3n) is 5.31. The average Bonchev–Trinajstić information content (AvgIpc) is 2.79. The maximum absolute atomic E-state index is 12.9. The zero-order valence-electron chi connectivity index (χ0n) is 16.2. The van der Waals surface area contributed by atoms with E-state index in [0.717, 1.165) is 48.7 Å². The maximum Gasteiger partial charge on any atom is 0.253 e. The molecular formula is C23H21N5O. The van der Waals surface area contributed by atoms with Crippen molar-refractivity contribution in [2.75, 3.05) is 13.1 Å². The van der Waals surface area contributed by atoms with E-state index in [-0.39, 0.29) is 5.91 Å². The number of pyridine rings is 1. The Morgan fingerprint density at radius 3 is 2.48 bits per heavy atom. The number of aromatic nitrogens is 3. The summed E-state index contributed by atoms with van der Waals surface area (Å²) in [4.78, 5) is 27.8. The lowest BCUT2D eigenvalue weighted by molar-refractivity contribution is 0.0712. The van der Waals surface area contributed by atoms with Gasteiger partial charge in [0.1, 0.15) is 5.82 Å². The van der Waals surface area contributed by atoms with Gasteiger partial charge >= 0.3 is 0 Å². The van der Waals surface area contributed by atoms with Crippen LogP contribution in [0.15, 0.2) is 54.9 Å². The molecule has 1 amide bonds. The number of carbonyl (C=O) groups excluding carboxylic acids is 1. The Morgan fingerprint density at radius 1 is 1.07 bits per heavy atom. The van der Waals surface area contributed by atoms with Crippen molar-refractivity contribution in [3.63, 3.8) is 0 Å². The Hall–Kier alpha value is -3.59. The SMILES string of the molecule is Cc1nccc(C2CCN(C(=O)c3ccc(-c4cc(C#N)ccn4)cc3)CC2)n1. The molecule has 4 rings (SSSR count). The fourth-order valence-electron chi connectivity index (χ4n) is 3.70. The van der Waals surface area contributed by atoms with E-state index in [1.807, 2.05) is 42.2 Å². The van der Waals surface area contributed by atoms with Crippen LogP contribution in [0.25, 0.3) is 11.3 Å². The van der Waals surface area contributed by atoms with Crippen molar-refractivity contribution in [1.29, 1.82) is 5.26 Å². The van der Waals surface area contributed by atoms with Gasteiger partial charge in [0, 0.05) is 48.2 Å². The standard InChI is InChI=1S/C23H21N5O/c1-16-25-11-7-21(27-16)19-8-12-28(13-9-19)23(29)20-4-2-18(3-5-20)22-14-17(15-24)6-10-26-22/h2-7,10-11,14,19H,8-9,12-13H2,1H3. The zero-order valence-corrected chi connectivity index (χ0v) is 16.2. The topological polar surface area (TPSA) is 82.8 Å². The van der Waals surface area contributed by atoms with Gasteiger partial charge in [-0.05, 0) is 50.1 Å². The predicted octanol–water partition coefficient (Wildman–Crippen LogP) is 3.74. The third kappa shape index (κ3) is 4.14. The summed E-state index contributed by atoms with van der Waals surface area (Å²) in [6, 6.07) is 14.9. The van der Waals surface area contributed by atoms with Crippen LogP contribution in [-0.2, 0) is 0 Å². The van der Waals surface area contributed by atoms with Gasteiger partial charge in [0.05, 0.1) is 17.3 Å². The number of aryl methyl sites for hydroxylation is 1. The Bertz CT molecular complexity index is 1060. The Morgan fingerprint density at radius 2 is 1.79 bits per heavy atom. The first-order chi connectivity index (χ1) is 14.1. The molecule has 0 radical (unpaired) electrons. The van der Waals surface area contributed by atoms with E-state index in [4.69, 9.17) is 5.26 Å². The second-order valence-corrected chi connectivity index (χ2v) is 7.21. The summed E-state index contributed by atoms with van der Waals surface area (Å²) in [7, 11) is 0. The number of benzene rings is 1. The first-order valence-corrected chi connectivity index (χ1v) is 9.69. The molecule has 0 bridgehead atoms. The van der Waals surface area contributed by atoms with Gasteiger partial charge in [-0.25, -0.2) is 9.97 Å². The molecule has 3 heterocycles. The lowest BCUT2D eigenvalue weighted by atomic mass is 9.93. The van der Waals surface area contributed by atoms with Crippen LogP contribution in [0.3, 0.4) is 0 Å². The maximum atomic E-state index is 12.9. The van der Waals surface area contributed by atoms with Crippen LogP contribution in [0.4, 0.5) is 0 Å². The summed E-state index contributed by atoms with van der Waals surface area (Å²) in [5.41, 5.74) is 3.92. The summed E-state index contributed by atoms with van der Waals surface area (Å²) in [5, 5.41) is 9.04. The summed E-state index contributed by atoms with van der Waals surface area (Å²) in [5.74, 6) is 1.21. The fourth-order valence-corrected chi connectivity index (χ4v) is 3.70. The predicted molar refractivity (Wildman–Crippen MR) is 109 cm³/mol. The summed E-state index contributed by atoms with van der Waals surface area (Å²) in [6.07, 6.45) is 5.24. The van der Waals surface area contributed by atoms with E-state index in [1.54, 1.807) is 24.5 Å². The van der Waals surface area contributed by atoms with Crippen LogP contribution in [0, 0.1) is 18.3 Å². The minimum absolute atomic E-state index is 0.0487. The molecule has 1 aromatic carbocycles. The lowest BCUT2D eigenvalue weighted by Gasteiger charge is -2.32. The minimum atomic E-state index is 0.0487. The molecule has 1 aliphatic heterocycles. The van der Waals surface area contributed by atoms with E-state index >= 15 is 0 Å². The summed E-state index contributed by atoms with van der Waals surface area (Å²) in [6.45, 7) is 3.35. The molecule has 0 saturated carbocycles. The normalized spacial score (nSPS) is 14.4. The smallest absolute Gasteiger partial charge is 0.253 e. The number of amides is 1. The number of hydrogen-bond donors (Lipinski definition) is 0. The molecule has 144 valence electrons. The zero-order chi connectivity index (χ0) is 20.2. The number of rotatable bonds is 3. The van der Waals surface area contributed by atoms with Gasteiger partial charge < -0.3 is 4.90 Å². The van der Waals surface area contributed by atoms with Crippen molar-refractivity contribution in [3.05, 3.63) is 77.5 Å². The molecule has 0 spiro atoms. The number of nitrogens with zero attached hydrogens (tertiary/aromatic N) is 5. The second kappa shape index (κ2) is 8.19. The van der Waals surface area contributed by atoms with Crippen LogP contribution >= 0.6 is 0 Å². The van der Waals surface area contributed by atoms with Gasteiger partial charge in [0.2, 0.25) is 0 Å².